The number of hydrogen-bond acceptors (Lipinski definition) is 15. The number of carbonyl (C=O) groups is 1. The topological polar surface area (TPSA) is 265 Å². The van der Waals surface area contributed by atoms with E-state index in [-0.39, 0.29) is 42.3 Å². The number of aliphatic carboxylic acids is 1. The molecule has 0 saturated heterocycles. The monoisotopic (exact) mass is 1000 g/mol. The molecular weight excluding hydrogens is 937 g/mol. The van der Waals surface area contributed by atoms with Gasteiger partial charge in [-0.2, -0.15) is 21.4 Å². The van der Waals surface area contributed by atoms with Crippen molar-refractivity contribution < 1.29 is 81.8 Å². The van der Waals surface area contributed by atoms with Gasteiger partial charge in [0, 0.05) is 67.6 Å². The average Bonchev–Trinajstić information content (AvgIpc) is 3.63. The van der Waals surface area contributed by atoms with Crippen molar-refractivity contribution in [2.45, 2.75) is 86.3 Å². The highest BCUT2D eigenvalue weighted by molar-refractivity contribution is 7.86. The van der Waals surface area contributed by atoms with Crippen LogP contribution in [0.4, 0.5) is 11.4 Å². The molecule has 0 bridgehead atoms. The third kappa shape index (κ3) is 16.2. The lowest BCUT2D eigenvalue weighted by atomic mass is 9.75. The van der Waals surface area contributed by atoms with Crippen LogP contribution in [-0.4, -0.2) is 159 Å². The van der Waals surface area contributed by atoms with Crippen molar-refractivity contribution in [2.24, 2.45) is 0 Å². The van der Waals surface area contributed by atoms with Crippen molar-refractivity contribution in [3.63, 3.8) is 0 Å². The minimum Gasteiger partial charge on any atom is -0.744 e. The third-order valence-electron chi connectivity index (χ3n) is 11.8. The molecule has 2 atom stereocenters. The van der Waals surface area contributed by atoms with Crippen LogP contribution < -0.4 is 4.90 Å². The highest BCUT2D eigenvalue weighted by Crippen LogP contribution is 2.51. The molecule has 19 nitrogen and oxygen atoms in total. The SMILES string of the molecule is CCN1/C(=C/C=C/C2=[N+](CCCCCC(=O)O)c3ccc(S(=O)(=O)O)cc3C2(C)CCCS(=O)(=O)O)C(C)(CCOCCOCCOCCOCCOCCOC)c2cc(S(=O)(=O)[O-])ccc21. The summed E-state index contributed by atoms with van der Waals surface area (Å²) in [6.45, 7) is 10.9. The average molecular weight is 1000 g/mol. The summed E-state index contributed by atoms with van der Waals surface area (Å²) in [5, 5.41) is 9.19. The molecule has 3 N–H and O–H groups in total. The summed E-state index contributed by atoms with van der Waals surface area (Å²) in [5.41, 5.74) is 1.93. The number of unbranched alkanes of at least 4 members (excludes halogenated alkanes) is 2. The summed E-state index contributed by atoms with van der Waals surface area (Å²) >= 11 is 0. The molecule has 0 radical (unpaired) electrons. The van der Waals surface area contributed by atoms with Gasteiger partial charge in [-0.3, -0.25) is 13.9 Å². The normalized spacial score (nSPS) is 19.3. The molecule has 2 aromatic carbocycles. The molecule has 4 rings (SSSR count). The molecule has 0 aromatic heterocycles. The maximum atomic E-state index is 12.4. The Morgan fingerprint density at radius 2 is 1.30 bits per heavy atom. The Bertz CT molecular complexity index is 2400. The lowest BCUT2D eigenvalue weighted by molar-refractivity contribution is -0.438. The highest BCUT2D eigenvalue weighted by Gasteiger charge is 2.48. The number of anilines is 1. The Labute approximate surface area is 395 Å². The van der Waals surface area contributed by atoms with Crippen molar-refractivity contribution in [3.05, 3.63) is 71.5 Å². The van der Waals surface area contributed by atoms with E-state index in [1.807, 2.05) is 42.4 Å². The van der Waals surface area contributed by atoms with Gasteiger partial charge in [0.05, 0.1) is 87.0 Å². The van der Waals surface area contributed by atoms with E-state index in [4.69, 9.17) is 28.4 Å². The second kappa shape index (κ2) is 25.8. The Morgan fingerprint density at radius 1 is 0.731 bits per heavy atom. The van der Waals surface area contributed by atoms with E-state index in [1.165, 1.54) is 24.3 Å². The Morgan fingerprint density at radius 3 is 1.84 bits per heavy atom. The summed E-state index contributed by atoms with van der Waals surface area (Å²) in [4.78, 5) is 12.5. The number of carboxylic acid groups (broad SMARTS) is 1. The predicted molar refractivity (Wildman–Crippen MR) is 248 cm³/mol. The van der Waals surface area contributed by atoms with Gasteiger partial charge >= 0.3 is 5.97 Å². The van der Waals surface area contributed by atoms with E-state index < -0.39 is 52.9 Å². The van der Waals surface area contributed by atoms with Gasteiger partial charge in [0.1, 0.15) is 16.7 Å². The standard InChI is InChI=1S/C45H66N2O17S3/c1-5-46-39-16-14-35(66(53,54)55)33-37(39)45(3,19-21-60-24-25-62-28-29-64-31-30-63-27-26-61-23-22-59-4)41(46)11-9-12-42-44(2,18-10-32-65(50,51)52)38-34-36(67(56,57)58)15-17-40(38)47(42)20-8-6-7-13-43(48)49/h9,11-12,14-17,33-34H,5-8,10,13,18-32H2,1-4H3,(H3-,48,49,50,51,52,53,54,55,56,57,58). The Kier molecular flexibility index (Phi) is 21.6. The van der Waals surface area contributed by atoms with Crippen LogP contribution in [0.1, 0.15) is 76.8 Å². The number of fused-ring (bicyclic) bond motifs is 2. The number of ether oxygens (including phenoxy) is 6. The van der Waals surface area contributed by atoms with Gasteiger partial charge in [-0.1, -0.05) is 6.08 Å². The molecule has 376 valence electrons. The highest BCUT2D eigenvalue weighted by atomic mass is 32.2. The van der Waals surface area contributed by atoms with E-state index in [9.17, 15) is 48.8 Å². The number of hydrogen-bond donors (Lipinski definition) is 3. The number of nitrogens with zero attached hydrogens (tertiary/aromatic N) is 2. The third-order valence-corrected chi connectivity index (χ3v) is 14.3. The summed E-state index contributed by atoms with van der Waals surface area (Å²) in [6, 6.07) is 8.52. The molecule has 2 heterocycles. The molecule has 2 unspecified atom stereocenters. The van der Waals surface area contributed by atoms with E-state index in [2.05, 4.69) is 0 Å². The van der Waals surface area contributed by atoms with Gasteiger partial charge in [0.2, 0.25) is 5.69 Å². The van der Waals surface area contributed by atoms with Crippen molar-refractivity contribution in [1.29, 1.82) is 0 Å². The van der Waals surface area contributed by atoms with Crippen LogP contribution in [0.3, 0.4) is 0 Å². The zero-order valence-electron chi connectivity index (χ0n) is 38.7. The molecule has 67 heavy (non-hydrogen) atoms. The molecule has 0 spiro atoms. The van der Waals surface area contributed by atoms with E-state index in [1.54, 1.807) is 25.3 Å². The van der Waals surface area contributed by atoms with Crippen molar-refractivity contribution >= 4 is 53.4 Å². The minimum atomic E-state index is -4.81. The molecule has 0 fully saturated rings. The van der Waals surface area contributed by atoms with Gasteiger partial charge in [-0.15, -0.1) is 0 Å². The largest absolute Gasteiger partial charge is 0.744 e. The van der Waals surface area contributed by atoms with Crippen molar-refractivity contribution in [2.75, 3.05) is 104 Å². The zero-order valence-corrected chi connectivity index (χ0v) is 41.2. The molecule has 2 aliphatic heterocycles. The van der Waals surface area contributed by atoms with Crippen LogP contribution in [0, 0.1) is 0 Å². The van der Waals surface area contributed by atoms with E-state index in [0.717, 1.165) is 5.70 Å². The quantitative estimate of drug-likeness (QED) is 0.0489. The van der Waals surface area contributed by atoms with Gasteiger partial charge in [0.25, 0.3) is 20.2 Å². The lowest BCUT2D eigenvalue weighted by Crippen LogP contribution is -2.32. The molecule has 2 aliphatic rings. The molecular formula is C45H66N2O17S3. The maximum absolute atomic E-state index is 12.4. The number of allylic oxidation sites excluding steroid dienone is 4. The molecule has 2 aromatic rings. The predicted octanol–water partition coefficient (Wildman–Crippen LogP) is 4.86. The van der Waals surface area contributed by atoms with Crippen molar-refractivity contribution in [3.8, 4) is 0 Å². The first kappa shape index (κ1) is 55.9. The lowest BCUT2D eigenvalue weighted by Gasteiger charge is -2.30. The van der Waals surface area contributed by atoms with Gasteiger partial charge in [-0.25, -0.2) is 8.42 Å². The van der Waals surface area contributed by atoms with Crippen LogP contribution in [0.5, 0.6) is 0 Å². The number of likely N-dealkylation sites (N-methyl/N-ethyl adjacent to an activating group) is 1. The fraction of sp³-hybridized carbons (Fsp3) is 0.600. The van der Waals surface area contributed by atoms with Crippen LogP contribution in [0.25, 0.3) is 0 Å². The summed E-state index contributed by atoms with van der Waals surface area (Å²) in [7, 11) is -12.2. The zero-order chi connectivity index (χ0) is 49.3. The molecule has 22 heteroatoms. The number of carboxylic acids is 1. The van der Waals surface area contributed by atoms with Crippen molar-refractivity contribution in [1.82, 2.24) is 0 Å². The van der Waals surface area contributed by atoms with Gasteiger partial charge in [-0.05, 0) is 94.8 Å². The Balaban J connectivity index is 1.59. The van der Waals surface area contributed by atoms with Gasteiger partial charge < -0.3 is 43.0 Å². The first-order chi connectivity index (χ1) is 31.7. The fourth-order valence-electron chi connectivity index (χ4n) is 8.45. The minimum absolute atomic E-state index is 0.000949. The number of benzene rings is 2. The fourth-order valence-corrected chi connectivity index (χ4v) is 9.96. The van der Waals surface area contributed by atoms with Gasteiger partial charge in [0.15, 0.2) is 5.71 Å². The molecule has 0 aliphatic carbocycles. The molecule has 0 amide bonds. The van der Waals surface area contributed by atoms with Crippen LogP contribution in [0.15, 0.2) is 70.1 Å². The first-order valence-corrected chi connectivity index (χ1v) is 26.7. The number of methoxy groups -OCH3 is 1. The summed E-state index contributed by atoms with van der Waals surface area (Å²) < 4.78 is 140. The van der Waals surface area contributed by atoms with Crippen LogP contribution >= 0.6 is 0 Å². The second-order valence-corrected chi connectivity index (χ2v) is 20.9. The summed E-state index contributed by atoms with van der Waals surface area (Å²) in [5.74, 6) is -1.47. The second-order valence-electron chi connectivity index (χ2n) is 16.5. The van der Waals surface area contributed by atoms with E-state index >= 15 is 0 Å². The van der Waals surface area contributed by atoms with Crippen LogP contribution in [0.2, 0.25) is 0 Å². The Hall–Kier alpha value is -3.65. The summed E-state index contributed by atoms with van der Waals surface area (Å²) in [6.07, 6.45) is 7.57. The maximum Gasteiger partial charge on any atom is 0.303 e. The van der Waals surface area contributed by atoms with Crippen LogP contribution in [-0.2, 0) is 74.4 Å². The first-order valence-electron chi connectivity index (χ1n) is 22.3. The smallest absolute Gasteiger partial charge is 0.303 e. The van der Waals surface area contributed by atoms with E-state index in [0.29, 0.717) is 126 Å². The molecule has 0 saturated carbocycles. The number of rotatable bonds is 33.